The van der Waals surface area contributed by atoms with Crippen LogP contribution in [-0.2, 0) is 0 Å². The van der Waals surface area contributed by atoms with Gasteiger partial charge in [0.05, 0.1) is 5.52 Å². The van der Waals surface area contributed by atoms with Gasteiger partial charge in [-0.2, -0.15) is 0 Å². The molecule has 1 aromatic heterocycles. The zero-order valence-corrected chi connectivity index (χ0v) is 8.56. The van der Waals surface area contributed by atoms with Crippen LogP contribution in [0.3, 0.4) is 0 Å². The average Bonchev–Trinajstić information content (AvgIpc) is 3.11. The molecule has 1 atom stereocenters. The summed E-state index contributed by atoms with van der Waals surface area (Å²) >= 11 is 0. The first kappa shape index (κ1) is 8.86. The van der Waals surface area contributed by atoms with Crippen LogP contribution in [0.25, 0.3) is 10.9 Å². The first-order chi connectivity index (χ1) is 7.34. The van der Waals surface area contributed by atoms with Crippen molar-refractivity contribution < 1.29 is 0 Å². The summed E-state index contributed by atoms with van der Waals surface area (Å²) in [6.07, 6.45) is 4.39. The Bertz CT molecular complexity index is 489. The third kappa shape index (κ3) is 1.61. The maximum Gasteiger partial charge on any atom is 0.0705 e. The van der Waals surface area contributed by atoms with Crippen LogP contribution in [0.2, 0.25) is 0 Å². The Morgan fingerprint density at radius 1 is 1.27 bits per heavy atom. The van der Waals surface area contributed by atoms with Crippen LogP contribution >= 0.6 is 0 Å². The molecule has 1 saturated carbocycles. The maximum atomic E-state index is 6.16. The summed E-state index contributed by atoms with van der Waals surface area (Å²) in [4.78, 5) is 4.35. The fraction of sp³-hybridized carbons (Fsp3) is 0.308. The van der Waals surface area contributed by atoms with Gasteiger partial charge in [-0.05, 0) is 36.5 Å². The summed E-state index contributed by atoms with van der Waals surface area (Å²) in [6, 6.07) is 10.6. The number of nitrogens with zero attached hydrogens (tertiary/aromatic N) is 1. The molecule has 76 valence electrons. The third-order valence-corrected chi connectivity index (χ3v) is 3.14. The molecule has 0 saturated heterocycles. The van der Waals surface area contributed by atoms with Crippen molar-refractivity contribution >= 4 is 10.9 Å². The van der Waals surface area contributed by atoms with Crippen molar-refractivity contribution in [3.8, 4) is 0 Å². The van der Waals surface area contributed by atoms with E-state index in [1.54, 1.807) is 0 Å². The molecule has 3 rings (SSSR count). The van der Waals surface area contributed by atoms with Gasteiger partial charge in [0.25, 0.3) is 0 Å². The van der Waals surface area contributed by atoms with E-state index in [4.69, 9.17) is 5.73 Å². The van der Waals surface area contributed by atoms with Gasteiger partial charge >= 0.3 is 0 Å². The standard InChI is InChI=1S/C13H14N2/c14-13(10-4-5-10)11-6-3-9-2-1-7-15-12(9)8-11/h1-3,6-8,10,13H,4-5,14H2/t13-/m1/s1. The maximum absolute atomic E-state index is 6.16. The van der Waals surface area contributed by atoms with Crippen LogP contribution in [0.1, 0.15) is 24.4 Å². The minimum Gasteiger partial charge on any atom is -0.324 e. The van der Waals surface area contributed by atoms with Crippen molar-refractivity contribution in [3.05, 3.63) is 42.1 Å². The summed E-state index contributed by atoms with van der Waals surface area (Å²) < 4.78 is 0. The summed E-state index contributed by atoms with van der Waals surface area (Å²) in [5, 5.41) is 1.18. The second-order valence-corrected chi connectivity index (χ2v) is 4.32. The highest BCUT2D eigenvalue weighted by Crippen LogP contribution is 2.39. The van der Waals surface area contributed by atoms with Gasteiger partial charge in [-0.3, -0.25) is 4.98 Å². The summed E-state index contributed by atoms with van der Waals surface area (Å²) in [6.45, 7) is 0. The van der Waals surface area contributed by atoms with Gasteiger partial charge in [0.2, 0.25) is 0 Å². The zero-order chi connectivity index (χ0) is 10.3. The Morgan fingerprint density at radius 3 is 2.93 bits per heavy atom. The summed E-state index contributed by atoms with van der Waals surface area (Å²) in [5.74, 6) is 0.700. The fourth-order valence-corrected chi connectivity index (χ4v) is 2.02. The summed E-state index contributed by atoms with van der Waals surface area (Å²) in [5.41, 5.74) is 8.44. The van der Waals surface area contributed by atoms with Gasteiger partial charge in [0.15, 0.2) is 0 Å². The Balaban J connectivity index is 2.05. The van der Waals surface area contributed by atoms with Crippen LogP contribution < -0.4 is 5.73 Å². The number of hydrogen-bond donors (Lipinski definition) is 1. The van der Waals surface area contributed by atoms with Crippen LogP contribution in [0.15, 0.2) is 36.5 Å². The van der Waals surface area contributed by atoms with E-state index in [-0.39, 0.29) is 6.04 Å². The van der Waals surface area contributed by atoms with Crippen molar-refractivity contribution in [2.75, 3.05) is 0 Å². The quantitative estimate of drug-likeness (QED) is 0.805. The van der Waals surface area contributed by atoms with Crippen molar-refractivity contribution in [1.29, 1.82) is 0 Å². The molecule has 1 heterocycles. The molecule has 15 heavy (non-hydrogen) atoms. The molecule has 1 aliphatic carbocycles. The molecule has 0 bridgehead atoms. The average molecular weight is 198 g/mol. The first-order valence-corrected chi connectivity index (χ1v) is 5.45. The molecule has 2 nitrogen and oxygen atoms in total. The molecule has 2 N–H and O–H groups in total. The SMILES string of the molecule is N[C@@H](c1ccc2cccnc2c1)C1CC1. The number of fused-ring (bicyclic) bond motifs is 1. The third-order valence-electron chi connectivity index (χ3n) is 3.14. The highest BCUT2D eigenvalue weighted by molar-refractivity contribution is 5.79. The van der Waals surface area contributed by atoms with E-state index in [0.29, 0.717) is 5.92 Å². The molecule has 1 aromatic carbocycles. The van der Waals surface area contributed by atoms with Crippen LogP contribution in [-0.4, -0.2) is 4.98 Å². The normalized spacial score (nSPS) is 17.9. The minimum absolute atomic E-state index is 0.205. The lowest BCUT2D eigenvalue weighted by molar-refractivity contribution is 0.634. The van der Waals surface area contributed by atoms with Gasteiger partial charge in [-0.15, -0.1) is 0 Å². The molecule has 0 aliphatic heterocycles. The van der Waals surface area contributed by atoms with Crippen LogP contribution in [0.5, 0.6) is 0 Å². The predicted molar refractivity (Wildman–Crippen MR) is 61.4 cm³/mol. The number of nitrogens with two attached hydrogens (primary N) is 1. The monoisotopic (exact) mass is 198 g/mol. The van der Waals surface area contributed by atoms with Crippen molar-refractivity contribution in [1.82, 2.24) is 4.98 Å². The molecule has 0 unspecified atom stereocenters. The topological polar surface area (TPSA) is 38.9 Å². The molecular weight excluding hydrogens is 184 g/mol. The second-order valence-electron chi connectivity index (χ2n) is 4.32. The molecule has 1 aliphatic rings. The Morgan fingerprint density at radius 2 is 2.13 bits per heavy atom. The minimum atomic E-state index is 0.205. The van der Waals surface area contributed by atoms with Gasteiger partial charge in [-0.25, -0.2) is 0 Å². The molecule has 0 amide bonds. The van der Waals surface area contributed by atoms with E-state index >= 15 is 0 Å². The smallest absolute Gasteiger partial charge is 0.0705 e. The number of rotatable bonds is 2. The first-order valence-electron chi connectivity index (χ1n) is 5.45. The van der Waals surface area contributed by atoms with Crippen molar-refractivity contribution in [3.63, 3.8) is 0 Å². The van der Waals surface area contributed by atoms with E-state index in [0.717, 1.165) is 5.52 Å². The number of benzene rings is 1. The van der Waals surface area contributed by atoms with E-state index in [1.165, 1.54) is 23.8 Å². The van der Waals surface area contributed by atoms with Crippen LogP contribution in [0, 0.1) is 5.92 Å². The molecular formula is C13H14N2. The Kier molecular flexibility index (Phi) is 1.96. The van der Waals surface area contributed by atoms with E-state index < -0.39 is 0 Å². The number of aromatic nitrogens is 1. The second kappa shape index (κ2) is 3.31. The largest absolute Gasteiger partial charge is 0.324 e. The lowest BCUT2D eigenvalue weighted by atomic mass is 10.0. The number of hydrogen-bond acceptors (Lipinski definition) is 2. The Labute approximate surface area is 89.1 Å². The molecule has 2 aromatic rings. The van der Waals surface area contributed by atoms with E-state index in [1.807, 2.05) is 12.3 Å². The van der Waals surface area contributed by atoms with Crippen molar-refractivity contribution in [2.24, 2.45) is 11.7 Å². The zero-order valence-electron chi connectivity index (χ0n) is 8.56. The number of pyridine rings is 1. The lowest BCUT2D eigenvalue weighted by Gasteiger charge is -2.10. The summed E-state index contributed by atoms with van der Waals surface area (Å²) in [7, 11) is 0. The van der Waals surface area contributed by atoms with Crippen molar-refractivity contribution in [2.45, 2.75) is 18.9 Å². The van der Waals surface area contributed by atoms with Gasteiger partial charge in [-0.1, -0.05) is 18.2 Å². The van der Waals surface area contributed by atoms with Crippen LogP contribution in [0.4, 0.5) is 0 Å². The van der Waals surface area contributed by atoms with Gasteiger partial charge < -0.3 is 5.73 Å². The van der Waals surface area contributed by atoms with E-state index in [9.17, 15) is 0 Å². The molecule has 2 heteroatoms. The van der Waals surface area contributed by atoms with Gasteiger partial charge in [0.1, 0.15) is 0 Å². The predicted octanol–water partition coefficient (Wildman–Crippen LogP) is 2.64. The lowest BCUT2D eigenvalue weighted by Crippen LogP contribution is -2.12. The fourth-order valence-electron chi connectivity index (χ4n) is 2.02. The molecule has 1 fully saturated rings. The Hall–Kier alpha value is -1.41. The highest BCUT2D eigenvalue weighted by Gasteiger charge is 2.29. The highest BCUT2D eigenvalue weighted by atomic mass is 14.7. The molecule has 0 radical (unpaired) electrons. The molecule has 0 spiro atoms. The van der Waals surface area contributed by atoms with Gasteiger partial charge in [0, 0.05) is 17.6 Å². The van der Waals surface area contributed by atoms with E-state index in [2.05, 4.69) is 29.2 Å².